The Morgan fingerprint density at radius 1 is 1.05 bits per heavy atom. The number of hydrogen-bond donors (Lipinski definition) is 4. The number of ketones is 1. The van der Waals surface area contributed by atoms with Crippen molar-refractivity contribution < 1.29 is 28.8 Å². The van der Waals surface area contributed by atoms with Gasteiger partial charge in [0.25, 0.3) is 5.91 Å². The first-order chi connectivity index (χ1) is 17.9. The fourth-order valence-electron chi connectivity index (χ4n) is 5.68. The summed E-state index contributed by atoms with van der Waals surface area (Å²) in [6.45, 7) is 12.9. The highest BCUT2D eigenvalue weighted by molar-refractivity contribution is 6.36. The summed E-state index contributed by atoms with van der Waals surface area (Å²) in [6.07, 6.45) is 1.89. The highest BCUT2D eigenvalue weighted by Gasteiger charge is 2.69. The second-order valence-electron chi connectivity index (χ2n) is 13.2. The van der Waals surface area contributed by atoms with Crippen molar-refractivity contribution in [2.24, 2.45) is 34.3 Å². The minimum absolute atomic E-state index is 0.0828. The van der Waals surface area contributed by atoms with E-state index < -0.39 is 59.6 Å². The Morgan fingerprint density at radius 3 is 2.13 bits per heavy atom. The molecular weight excluding hydrogens is 504 g/mol. The number of rotatable bonds is 10. The lowest BCUT2D eigenvalue weighted by molar-refractivity contribution is -0.144. The van der Waals surface area contributed by atoms with Crippen LogP contribution in [-0.4, -0.2) is 89.5 Å². The molecule has 5 N–H and O–H groups in total. The summed E-state index contributed by atoms with van der Waals surface area (Å²) in [5.41, 5.74) is 4.10. The van der Waals surface area contributed by atoms with Crippen molar-refractivity contribution in [2.45, 2.75) is 85.5 Å². The second-order valence-corrected chi connectivity index (χ2v) is 13.2. The molecule has 218 valence electrons. The molecule has 1 saturated heterocycles. The van der Waals surface area contributed by atoms with Gasteiger partial charge in [-0.1, -0.05) is 48.5 Å². The number of urea groups is 1. The van der Waals surface area contributed by atoms with Gasteiger partial charge >= 0.3 is 6.03 Å². The molecule has 6 amide bonds. The second kappa shape index (κ2) is 10.8. The summed E-state index contributed by atoms with van der Waals surface area (Å²) in [5, 5.41) is 7.99. The summed E-state index contributed by atoms with van der Waals surface area (Å²) in [6, 6.07) is -3.06. The largest absolute Gasteiger partial charge is 0.363 e. The van der Waals surface area contributed by atoms with Crippen LogP contribution in [-0.2, 0) is 24.0 Å². The number of carbonyl (C=O) groups is 6. The van der Waals surface area contributed by atoms with Gasteiger partial charge in [0.15, 0.2) is 0 Å². The number of nitrogens with zero attached hydrogens (tertiary/aromatic N) is 2. The molecule has 0 radical (unpaired) electrons. The summed E-state index contributed by atoms with van der Waals surface area (Å²) in [5.74, 6) is -3.43. The monoisotopic (exact) mass is 548 g/mol. The smallest absolute Gasteiger partial charge is 0.316 e. The van der Waals surface area contributed by atoms with Gasteiger partial charge in [-0.15, -0.1) is 0 Å². The SMILES string of the molecule is CC(C)[C@H](NC(=O)N[C@H](C(=O)N1C[C@H]2[C@@H]([C@H]1C(=O)NCC(=O)C(N)=O)C2(C)C)C(C)(C)C)C(=O)N(C)C1CC1. The lowest BCUT2D eigenvalue weighted by Gasteiger charge is -2.38. The molecule has 0 aromatic rings. The molecule has 0 aromatic carbocycles. The Balaban J connectivity index is 1.76. The summed E-state index contributed by atoms with van der Waals surface area (Å²) in [4.78, 5) is 79.2. The highest BCUT2D eigenvalue weighted by atomic mass is 16.2. The molecule has 3 rings (SSSR count). The summed E-state index contributed by atoms with van der Waals surface area (Å²) < 4.78 is 0. The van der Waals surface area contributed by atoms with Crippen molar-refractivity contribution >= 4 is 35.4 Å². The maximum Gasteiger partial charge on any atom is 0.316 e. The third-order valence-electron chi connectivity index (χ3n) is 8.51. The van der Waals surface area contributed by atoms with Gasteiger partial charge in [-0.05, 0) is 41.4 Å². The molecule has 0 aromatic heterocycles. The van der Waals surface area contributed by atoms with E-state index in [0.717, 1.165) is 12.8 Å². The third kappa shape index (κ3) is 6.36. The summed E-state index contributed by atoms with van der Waals surface area (Å²) in [7, 11) is 1.73. The third-order valence-corrected chi connectivity index (χ3v) is 8.51. The fraction of sp³-hybridized carbons (Fsp3) is 0.778. The normalized spacial score (nSPS) is 24.7. The van der Waals surface area contributed by atoms with Gasteiger partial charge in [0, 0.05) is 19.6 Å². The molecule has 5 atom stereocenters. The number of nitrogens with two attached hydrogens (primary N) is 1. The van der Waals surface area contributed by atoms with Gasteiger partial charge in [-0.2, -0.15) is 0 Å². The Labute approximate surface area is 230 Å². The molecule has 12 nitrogen and oxygen atoms in total. The Bertz CT molecular complexity index is 1050. The molecule has 0 spiro atoms. The van der Waals surface area contributed by atoms with Crippen LogP contribution in [0.1, 0.15) is 61.3 Å². The molecule has 3 fully saturated rings. The van der Waals surface area contributed by atoms with Gasteiger partial charge < -0.3 is 31.5 Å². The van der Waals surface area contributed by atoms with Crippen LogP contribution in [0.5, 0.6) is 0 Å². The first kappa shape index (κ1) is 30.4. The number of piperidine rings is 1. The standard InChI is InChI=1S/C27H44N6O6/c1-13(2)18(23(37)32(8)14-9-10-14)30-25(39)31-20(26(3,4)5)24(38)33-12-15-17(27(15,6)7)19(33)22(36)29-11-16(34)21(28)35/h13-15,17-20H,9-12H2,1-8H3,(H2,28,35)(H,29,36)(H2,30,31,39)/t15-,17-,18-,19-,20+/m0/s1. The average Bonchev–Trinajstić information content (AvgIpc) is 3.71. The van der Waals surface area contributed by atoms with Gasteiger partial charge in [0.1, 0.15) is 18.1 Å². The molecule has 0 bridgehead atoms. The van der Waals surface area contributed by atoms with Crippen LogP contribution >= 0.6 is 0 Å². The Morgan fingerprint density at radius 2 is 1.64 bits per heavy atom. The molecule has 2 saturated carbocycles. The van der Waals surface area contributed by atoms with Crippen molar-refractivity contribution in [1.29, 1.82) is 0 Å². The number of primary amides is 1. The van der Waals surface area contributed by atoms with Crippen LogP contribution in [0.15, 0.2) is 0 Å². The lowest BCUT2D eigenvalue weighted by atomic mass is 9.85. The molecule has 1 heterocycles. The average molecular weight is 549 g/mol. The number of Topliss-reactive ketones (excluding diaryl/α,β-unsaturated/α-hetero) is 1. The van der Waals surface area contributed by atoms with E-state index in [4.69, 9.17) is 5.73 Å². The number of likely N-dealkylation sites (N-methyl/N-ethyl adjacent to an activating group) is 1. The van der Waals surface area contributed by atoms with Gasteiger partial charge in [-0.3, -0.25) is 24.0 Å². The number of carbonyl (C=O) groups excluding carboxylic acids is 6. The van der Waals surface area contributed by atoms with E-state index in [9.17, 15) is 28.8 Å². The molecule has 1 aliphatic heterocycles. The zero-order valence-corrected chi connectivity index (χ0v) is 24.3. The zero-order valence-electron chi connectivity index (χ0n) is 24.3. The van der Waals surface area contributed by atoms with E-state index in [1.165, 1.54) is 4.90 Å². The zero-order chi connectivity index (χ0) is 29.6. The van der Waals surface area contributed by atoms with Gasteiger partial charge in [-0.25, -0.2) is 4.79 Å². The molecule has 3 aliphatic rings. The predicted octanol–water partition coefficient (Wildman–Crippen LogP) is -0.000700. The van der Waals surface area contributed by atoms with Gasteiger partial charge in [0.05, 0.1) is 6.54 Å². The van der Waals surface area contributed by atoms with Crippen LogP contribution in [0.2, 0.25) is 0 Å². The topological polar surface area (TPSA) is 171 Å². The molecule has 39 heavy (non-hydrogen) atoms. The van der Waals surface area contributed by atoms with Gasteiger partial charge in [0.2, 0.25) is 23.5 Å². The van der Waals surface area contributed by atoms with Crippen molar-refractivity contribution in [3.05, 3.63) is 0 Å². The Kier molecular flexibility index (Phi) is 8.38. The Hall–Kier alpha value is -3.18. The highest BCUT2D eigenvalue weighted by Crippen LogP contribution is 2.65. The minimum Gasteiger partial charge on any atom is -0.363 e. The molecule has 12 heteroatoms. The predicted molar refractivity (Wildman–Crippen MR) is 143 cm³/mol. The number of fused-ring (bicyclic) bond motifs is 1. The fourth-order valence-corrected chi connectivity index (χ4v) is 5.68. The van der Waals surface area contributed by atoms with Crippen LogP contribution in [0.4, 0.5) is 4.79 Å². The van der Waals surface area contributed by atoms with E-state index in [0.29, 0.717) is 6.54 Å². The quantitative estimate of drug-likeness (QED) is 0.280. The minimum atomic E-state index is -1.15. The van der Waals surface area contributed by atoms with Crippen molar-refractivity contribution in [2.75, 3.05) is 20.1 Å². The lowest BCUT2D eigenvalue weighted by Crippen LogP contribution is -2.62. The van der Waals surface area contributed by atoms with Crippen LogP contribution in [0.25, 0.3) is 0 Å². The number of likely N-dealkylation sites (tertiary alicyclic amines) is 1. The first-order valence-corrected chi connectivity index (χ1v) is 13.6. The molecular formula is C27H44N6O6. The number of hydrogen-bond acceptors (Lipinski definition) is 6. The van der Waals surface area contributed by atoms with E-state index in [-0.39, 0.29) is 35.1 Å². The van der Waals surface area contributed by atoms with Crippen LogP contribution < -0.4 is 21.7 Å². The number of nitrogens with one attached hydrogen (secondary N) is 3. The van der Waals surface area contributed by atoms with Crippen molar-refractivity contribution in [1.82, 2.24) is 25.8 Å². The van der Waals surface area contributed by atoms with Crippen LogP contribution in [0, 0.1) is 28.6 Å². The van der Waals surface area contributed by atoms with E-state index in [2.05, 4.69) is 16.0 Å². The van der Waals surface area contributed by atoms with Crippen molar-refractivity contribution in [3.63, 3.8) is 0 Å². The van der Waals surface area contributed by atoms with E-state index >= 15 is 0 Å². The molecule has 0 unspecified atom stereocenters. The summed E-state index contributed by atoms with van der Waals surface area (Å²) >= 11 is 0. The molecule has 2 aliphatic carbocycles. The number of amides is 6. The maximum absolute atomic E-state index is 13.9. The maximum atomic E-state index is 13.9. The van der Waals surface area contributed by atoms with E-state index in [1.807, 2.05) is 48.5 Å². The van der Waals surface area contributed by atoms with Crippen molar-refractivity contribution in [3.8, 4) is 0 Å². The first-order valence-electron chi connectivity index (χ1n) is 13.6. The van der Waals surface area contributed by atoms with E-state index in [1.54, 1.807) is 11.9 Å². The van der Waals surface area contributed by atoms with Crippen LogP contribution in [0.3, 0.4) is 0 Å².